The molecule has 0 amide bonds. The van der Waals surface area contributed by atoms with Gasteiger partial charge in [-0.2, -0.15) is 0 Å². The molecule has 0 fully saturated rings. The quantitative estimate of drug-likeness (QED) is 0.0329. The van der Waals surface area contributed by atoms with Crippen LogP contribution >= 0.6 is 0 Å². The van der Waals surface area contributed by atoms with Crippen LogP contribution in [0.3, 0.4) is 0 Å². The molecule has 0 aliphatic carbocycles. The molecule has 114 heavy (non-hydrogen) atoms. The second-order valence-corrected chi connectivity index (χ2v) is 27.6. The zero-order chi connectivity index (χ0) is 80.5. The van der Waals surface area contributed by atoms with Crippen molar-refractivity contribution < 1.29 is 97.4 Å². The fourth-order valence-corrected chi connectivity index (χ4v) is 10.1. The van der Waals surface area contributed by atoms with Crippen molar-refractivity contribution in [2.24, 2.45) is 21.7 Å². The van der Waals surface area contributed by atoms with Crippen LogP contribution in [0.4, 0.5) is 0 Å². The molecule has 1 atom stereocenters. The number of rotatable bonds is 23. The van der Waals surface area contributed by atoms with Gasteiger partial charge in [0.15, 0.2) is 0 Å². The Balaban J connectivity index is 0.000000231. The molecule has 18 nitrogen and oxygen atoms in total. The van der Waals surface area contributed by atoms with E-state index in [0.29, 0.717) is 53.8 Å². The van der Waals surface area contributed by atoms with Gasteiger partial charge in [0.25, 0.3) is 0 Å². The summed E-state index contributed by atoms with van der Waals surface area (Å²) >= 11 is 0. The monoisotopic (exact) mass is 1880 g/mol. The van der Waals surface area contributed by atoms with E-state index < -0.39 is 33.6 Å². The first-order valence-corrected chi connectivity index (χ1v) is 36.7. The molecule has 6 aromatic heterocycles. The van der Waals surface area contributed by atoms with Crippen LogP contribution in [-0.2, 0) is 69.0 Å². The Labute approximate surface area is 695 Å². The summed E-state index contributed by atoms with van der Waals surface area (Å²) in [7, 11) is 0. The van der Waals surface area contributed by atoms with Gasteiger partial charge in [0.05, 0.1) is 56.2 Å². The molecule has 586 valence electrons. The van der Waals surface area contributed by atoms with Crippen LogP contribution < -0.4 is 28.4 Å². The van der Waals surface area contributed by atoms with E-state index in [4.69, 9.17) is 28.4 Å². The van der Waals surface area contributed by atoms with Gasteiger partial charge in [0.1, 0.15) is 0 Å². The van der Waals surface area contributed by atoms with Crippen LogP contribution in [0.25, 0.3) is 67.5 Å². The van der Waals surface area contributed by atoms with Crippen molar-refractivity contribution >= 4 is 35.8 Å². The van der Waals surface area contributed by atoms with Gasteiger partial charge in [-0.05, 0) is 145 Å². The number of nitrogens with zero attached hydrogens (tertiary/aromatic N) is 6. The normalized spacial score (nSPS) is 11.2. The number of carbonyl (C=O) groups excluding carboxylic acids is 6. The molecule has 12 rings (SSSR count). The van der Waals surface area contributed by atoms with Gasteiger partial charge in [-0.15, -0.1) is 179 Å². The minimum atomic E-state index is -0.960. The summed E-state index contributed by atoms with van der Waals surface area (Å²) in [6.07, 6.45) is 13.2. The van der Waals surface area contributed by atoms with Crippen molar-refractivity contribution in [3.8, 4) is 102 Å². The molecule has 0 N–H and O–H groups in total. The van der Waals surface area contributed by atoms with Crippen molar-refractivity contribution in [1.82, 2.24) is 29.9 Å². The van der Waals surface area contributed by atoms with Crippen molar-refractivity contribution in [3.63, 3.8) is 0 Å². The van der Waals surface area contributed by atoms with E-state index in [1.165, 1.54) is 0 Å². The number of carbonyl (C=O) groups is 6. The van der Waals surface area contributed by atoms with E-state index in [1.807, 2.05) is 165 Å². The zero-order valence-corrected chi connectivity index (χ0v) is 70.5. The summed E-state index contributed by atoms with van der Waals surface area (Å²) in [5.74, 6) is 1.10. The first-order valence-electron chi connectivity index (χ1n) is 36.7. The Hall–Kier alpha value is -11.7. The Kier molecular flexibility index (Phi) is 36.1. The van der Waals surface area contributed by atoms with Crippen LogP contribution in [0, 0.1) is 58.1 Å². The second kappa shape index (κ2) is 45.1. The molecule has 0 radical (unpaired) electrons. The molecule has 20 heteroatoms. The molecule has 0 saturated carbocycles. The van der Waals surface area contributed by atoms with Crippen LogP contribution in [0.1, 0.15) is 122 Å². The number of aromatic nitrogens is 6. The second-order valence-electron chi connectivity index (χ2n) is 27.6. The van der Waals surface area contributed by atoms with Crippen LogP contribution in [0.15, 0.2) is 256 Å². The molecule has 0 aliphatic heterocycles. The van der Waals surface area contributed by atoms with E-state index in [-0.39, 0.29) is 70.5 Å². The maximum Gasteiger partial charge on any atom is 3.00 e. The van der Waals surface area contributed by atoms with Crippen molar-refractivity contribution in [1.29, 1.82) is 0 Å². The Morgan fingerprint density at radius 3 is 0.684 bits per heavy atom. The smallest absolute Gasteiger partial charge is 0.447 e. The molecule has 12 aromatic rings. The minimum Gasteiger partial charge on any atom is -0.447 e. The summed E-state index contributed by atoms with van der Waals surface area (Å²) in [6, 6.07) is 83.5. The zero-order valence-electron chi connectivity index (χ0n) is 65.7. The number of hydrogen-bond donors (Lipinski definition) is 0. The van der Waals surface area contributed by atoms with Crippen LogP contribution in [0.5, 0.6) is 34.5 Å². The van der Waals surface area contributed by atoms with Crippen molar-refractivity contribution in [2.75, 3.05) is 0 Å². The molecule has 6 aromatic carbocycles. The van der Waals surface area contributed by atoms with Gasteiger partial charge in [-0.25, -0.2) is 0 Å². The van der Waals surface area contributed by atoms with Crippen molar-refractivity contribution in [2.45, 2.75) is 122 Å². The third-order valence-corrected chi connectivity index (χ3v) is 17.7. The molecule has 0 aliphatic rings. The number of ether oxygens (including phenoxy) is 6. The van der Waals surface area contributed by atoms with E-state index in [9.17, 15) is 28.8 Å². The predicted molar refractivity (Wildman–Crippen MR) is 430 cm³/mol. The first kappa shape index (κ1) is 91.2. The maximum atomic E-state index is 13.4. The Morgan fingerprint density at radius 1 is 0.281 bits per heavy atom. The SMILES string of the molecule is CCC(=O)Oc1cc[c-]c(-c2ccccn2)c1.CCC(=O)Oc1cc[c-]c(-c2ccccn2)c1.CCC(C)(C)C(=O)Oc1cc[c-]c(-c2ccccn2)c1.CCC(C)(C)C(=O)Oc1cc[c-]c(-c2ccccn2)c1.CCC(C)(CC(C)(C)C(=O)Oc1cc[c-]c(-c2ccccn2)c1)C(=O)Oc1cc[c-]c(-c2ccccn2)c1.[Ir+3].[Ir+3]. The fraction of sp³-hybridized carbons (Fsp3) is 0.234. The average Bonchev–Trinajstić information content (AvgIpc) is 0.810. The number of benzene rings is 6. The first-order chi connectivity index (χ1) is 53.8. The topological polar surface area (TPSA) is 235 Å². The Bertz CT molecular complexity index is 4820. The molecular weight excluding hydrogens is 1790 g/mol. The standard InChI is InChI=1S/C32H30N2O4.2C17H18NO2.2C14H12NO2.2Ir/c1-5-32(4,30(36)38-26-15-11-13-24(21-26)28-17-7-9-19-34-28)22-31(2,3)29(35)37-25-14-10-12-23(20-25)27-16-6-8-18-33-27;2*1-4-17(2,3)16(19)20-14-9-7-8-13(12-14)15-10-5-6-11-18-15;2*1-2-14(16)17-12-7-5-6-11(10-12)13-8-3-4-9-15-13;;/h6-11,14-21H,5,22H2,1-4H3;2*5-7,9-12H,4H2,1-3H3;2*3-5,7-10H,2H2,1H3;;/q-2;4*-1;2*+3. The summed E-state index contributed by atoms with van der Waals surface area (Å²) in [5, 5.41) is 0. The third-order valence-electron chi connectivity index (χ3n) is 17.7. The van der Waals surface area contributed by atoms with Gasteiger partial charge >= 0.3 is 76.0 Å². The number of pyridine rings is 6. The average molecular weight is 1880 g/mol. The van der Waals surface area contributed by atoms with Gasteiger partial charge in [-0.3, -0.25) is 28.8 Å². The van der Waals surface area contributed by atoms with Crippen LogP contribution in [-0.4, -0.2) is 65.7 Å². The van der Waals surface area contributed by atoms with Crippen LogP contribution in [0.2, 0.25) is 0 Å². The molecular formula is C94H90Ir2N6O12. The largest absolute Gasteiger partial charge is 3.00 e. The molecule has 1 unspecified atom stereocenters. The van der Waals surface area contributed by atoms with Crippen molar-refractivity contribution in [3.05, 3.63) is 292 Å². The van der Waals surface area contributed by atoms with Gasteiger partial charge in [0, 0.05) is 50.0 Å². The molecule has 6 heterocycles. The molecule has 0 saturated heterocycles. The number of hydrogen-bond acceptors (Lipinski definition) is 18. The van der Waals surface area contributed by atoms with Gasteiger partial charge in [0.2, 0.25) is 0 Å². The Morgan fingerprint density at radius 2 is 0.491 bits per heavy atom. The van der Waals surface area contributed by atoms with E-state index in [1.54, 1.807) is 174 Å². The van der Waals surface area contributed by atoms with Gasteiger partial charge in [-0.1, -0.05) is 107 Å². The summed E-state index contributed by atoms with van der Waals surface area (Å²) in [6.45, 7) is 22.3. The van der Waals surface area contributed by atoms with Gasteiger partial charge < -0.3 is 58.3 Å². The summed E-state index contributed by atoms with van der Waals surface area (Å²) < 4.78 is 32.7. The molecule has 0 spiro atoms. The van der Waals surface area contributed by atoms with E-state index >= 15 is 0 Å². The molecule has 0 bridgehead atoms. The fourth-order valence-electron chi connectivity index (χ4n) is 10.1. The summed E-state index contributed by atoms with van der Waals surface area (Å²) in [4.78, 5) is 98.7. The number of esters is 6. The third kappa shape index (κ3) is 28.2. The predicted octanol–water partition coefficient (Wildman–Crippen LogP) is 20.3. The summed E-state index contributed by atoms with van der Waals surface area (Å²) in [5.41, 5.74) is 6.54. The maximum absolute atomic E-state index is 13.4. The van der Waals surface area contributed by atoms with E-state index in [2.05, 4.69) is 66.3 Å². The minimum absolute atomic E-state index is 0. The van der Waals surface area contributed by atoms with E-state index in [0.717, 1.165) is 80.4 Å².